The van der Waals surface area contributed by atoms with Gasteiger partial charge in [-0.25, -0.2) is 19.5 Å². The SMILES string of the molecule is CC(C)OCCNc1nc(-c2[nH]cc[n+]2C)nc2sc(-c3ccccc3)c(-c3ccccc3)c12. The van der Waals surface area contributed by atoms with Crippen molar-refractivity contribution in [2.75, 3.05) is 18.5 Å². The van der Waals surface area contributed by atoms with Crippen LogP contribution in [-0.4, -0.2) is 34.2 Å². The number of aromatic nitrogens is 4. The minimum atomic E-state index is 0.187. The number of aromatic amines is 1. The summed E-state index contributed by atoms with van der Waals surface area (Å²) in [6.45, 7) is 5.35. The number of rotatable bonds is 8. The van der Waals surface area contributed by atoms with E-state index in [9.17, 15) is 0 Å². The Morgan fingerprint density at radius 2 is 1.71 bits per heavy atom. The molecule has 172 valence electrons. The van der Waals surface area contributed by atoms with E-state index in [1.165, 1.54) is 10.4 Å². The molecular weight excluding hydrogens is 442 g/mol. The Morgan fingerprint density at radius 1 is 1.00 bits per heavy atom. The molecule has 3 heterocycles. The summed E-state index contributed by atoms with van der Waals surface area (Å²) >= 11 is 1.70. The lowest BCUT2D eigenvalue weighted by Crippen LogP contribution is -2.28. The highest BCUT2D eigenvalue weighted by molar-refractivity contribution is 7.22. The van der Waals surface area contributed by atoms with Crippen LogP contribution in [0.4, 0.5) is 5.82 Å². The Labute approximate surface area is 203 Å². The molecule has 0 saturated heterocycles. The third kappa shape index (κ3) is 4.44. The minimum absolute atomic E-state index is 0.187. The Balaban J connectivity index is 1.73. The average Bonchev–Trinajstić information content (AvgIpc) is 3.46. The van der Waals surface area contributed by atoms with Crippen LogP contribution in [0.2, 0.25) is 0 Å². The highest BCUT2D eigenvalue weighted by Crippen LogP contribution is 2.46. The maximum absolute atomic E-state index is 5.77. The third-order valence-electron chi connectivity index (χ3n) is 5.58. The summed E-state index contributed by atoms with van der Waals surface area (Å²) in [6.07, 6.45) is 4.05. The van der Waals surface area contributed by atoms with Gasteiger partial charge in [-0.05, 0) is 25.0 Å². The zero-order valence-corrected chi connectivity index (χ0v) is 20.4. The quantitative estimate of drug-likeness (QED) is 0.226. The zero-order chi connectivity index (χ0) is 23.5. The topological polar surface area (TPSA) is 66.7 Å². The van der Waals surface area contributed by atoms with Crippen LogP contribution in [-0.2, 0) is 11.8 Å². The molecule has 34 heavy (non-hydrogen) atoms. The maximum Gasteiger partial charge on any atom is 0.325 e. The summed E-state index contributed by atoms with van der Waals surface area (Å²) in [5.74, 6) is 2.34. The van der Waals surface area contributed by atoms with Crippen LogP contribution >= 0.6 is 11.3 Å². The molecule has 0 radical (unpaired) electrons. The van der Waals surface area contributed by atoms with E-state index in [-0.39, 0.29) is 6.10 Å². The van der Waals surface area contributed by atoms with Crippen LogP contribution in [0, 0.1) is 0 Å². The van der Waals surface area contributed by atoms with Crippen molar-refractivity contribution < 1.29 is 9.30 Å². The fourth-order valence-corrected chi connectivity index (χ4v) is 5.20. The summed E-state index contributed by atoms with van der Waals surface area (Å²) in [4.78, 5) is 15.4. The number of aryl methyl sites for hydroxylation is 1. The molecular formula is C27H28N5OS+. The number of thiophene rings is 1. The van der Waals surface area contributed by atoms with Crippen molar-refractivity contribution in [2.45, 2.75) is 20.0 Å². The number of hydrogen-bond acceptors (Lipinski definition) is 5. The number of anilines is 1. The Kier molecular flexibility index (Phi) is 6.38. The maximum atomic E-state index is 5.77. The van der Waals surface area contributed by atoms with Gasteiger partial charge >= 0.3 is 5.82 Å². The monoisotopic (exact) mass is 470 g/mol. The van der Waals surface area contributed by atoms with Crippen molar-refractivity contribution in [1.29, 1.82) is 0 Å². The van der Waals surface area contributed by atoms with E-state index >= 15 is 0 Å². The Morgan fingerprint density at radius 3 is 2.35 bits per heavy atom. The first kappa shape index (κ1) is 22.3. The second-order valence-electron chi connectivity index (χ2n) is 8.38. The molecule has 7 heteroatoms. The van der Waals surface area contributed by atoms with E-state index in [0.29, 0.717) is 19.0 Å². The Bertz CT molecular complexity index is 1390. The van der Waals surface area contributed by atoms with Gasteiger partial charge < -0.3 is 10.1 Å². The van der Waals surface area contributed by atoms with E-state index in [0.717, 1.165) is 33.0 Å². The fraction of sp³-hybridized carbons (Fsp3) is 0.222. The van der Waals surface area contributed by atoms with E-state index < -0.39 is 0 Å². The molecule has 0 aliphatic heterocycles. The summed E-state index contributed by atoms with van der Waals surface area (Å²) < 4.78 is 7.77. The lowest BCUT2D eigenvalue weighted by molar-refractivity contribution is -0.659. The summed E-state index contributed by atoms with van der Waals surface area (Å²) in [7, 11) is 1.99. The van der Waals surface area contributed by atoms with Crippen molar-refractivity contribution in [3.05, 3.63) is 73.1 Å². The second kappa shape index (κ2) is 9.75. The first-order valence-corrected chi connectivity index (χ1v) is 12.3. The van der Waals surface area contributed by atoms with Crippen LogP contribution < -0.4 is 9.88 Å². The molecule has 3 aromatic heterocycles. The van der Waals surface area contributed by atoms with Crippen molar-refractivity contribution in [2.24, 2.45) is 7.05 Å². The molecule has 0 saturated carbocycles. The van der Waals surface area contributed by atoms with Crippen molar-refractivity contribution in [1.82, 2.24) is 15.0 Å². The molecule has 0 atom stereocenters. The lowest BCUT2D eigenvalue weighted by atomic mass is 9.99. The summed E-state index contributed by atoms with van der Waals surface area (Å²) in [5, 5.41) is 4.59. The number of benzene rings is 2. The van der Waals surface area contributed by atoms with E-state index in [1.54, 1.807) is 11.3 Å². The molecule has 0 bridgehead atoms. The van der Waals surface area contributed by atoms with Gasteiger partial charge in [0.05, 0.1) is 25.1 Å². The van der Waals surface area contributed by atoms with Crippen LogP contribution in [0.5, 0.6) is 0 Å². The number of fused-ring (bicyclic) bond motifs is 1. The number of nitrogens with zero attached hydrogens (tertiary/aromatic N) is 3. The lowest BCUT2D eigenvalue weighted by Gasteiger charge is -2.12. The van der Waals surface area contributed by atoms with Crippen LogP contribution in [0.25, 0.3) is 43.4 Å². The van der Waals surface area contributed by atoms with Gasteiger partial charge in [-0.2, -0.15) is 0 Å². The molecule has 0 aliphatic carbocycles. The van der Waals surface area contributed by atoms with Crippen molar-refractivity contribution in [3.8, 4) is 33.2 Å². The number of ether oxygens (including phenoxy) is 1. The fourth-order valence-electron chi connectivity index (χ4n) is 4.00. The molecule has 6 nitrogen and oxygen atoms in total. The van der Waals surface area contributed by atoms with Gasteiger partial charge in [-0.1, -0.05) is 60.7 Å². The Hall–Kier alpha value is -3.55. The van der Waals surface area contributed by atoms with Crippen LogP contribution in [0.3, 0.4) is 0 Å². The van der Waals surface area contributed by atoms with Gasteiger partial charge in [0.1, 0.15) is 23.0 Å². The van der Waals surface area contributed by atoms with Gasteiger partial charge in [-0.15, -0.1) is 11.3 Å². The smallest absolute Gasteiger partial charge is 0.325 e. The van der Waals surface area contributed by atoms with Crippen molar-refractivity contribution >= 4 is 27.4 Å². The van der Waals surface area contributed by atoms with Gasteiger partial charge in [0, 0.05) is 17.0 Å². The van der Waals surface area contributed by atoms with E-state index in [2.05, 4.69) is 58.8 Å². The number of imidazole rings is 1. The molecule has 0 unspecified atom stereocenters. The van der Waals surface area contributed by atoms with E-state index in [4.69, 9.17) is 14.7 Å². The molecule has 0 amide bonds. The first-order valence-electron chi connectivity index (χ1n) is 11.5. The van der Waals surface area contributed by atoms with Gasteiger partial charge in [0.15, 0.2) is 0 Å². The predicted molar refractivity (Wildman–Crippen MR) is 139 cm³/mol. The first-order chi connectivity index (χ1) is 16.6. The highest BCUT2D eigenvalue weighted by Gasteiger charge is 2.24. The molecule has 2 N–H and O–H groups in total. The normalized spacial score (nSPS) is 11.4. The second-order valence-corrected chi connectivity index (χ2v) is 9.38. The van der Waals surface area contributed by atoms with Gasteiger partial charge in [0.2, 0.25) is 5.82 Å². The molecule has 5 aromatic rings. The average molecular weight is 471 g/mol. The van der Waals surface area contributed by atoms with Crippen molar-refractivity contribution in [3.63, 3.8) is 0 Å². The molecule has 2 aromatic carbocycles. The minimum Gasteiger partial charge on any atom is -0.377 e. The molecule has 0 spiro atoms. The van der Waals surface area contributed by atoms with Crippen LogP contribution in [0.1, 0.15) is 13.8 Å². The highest BCUT2D eigenvalue weighted by atomic mass is 32.1. The number of H-pyrrole nitrogens is 1. The molecule has 0 fully saturated rings. The predicted octanol–water partition coefficient (Wildman–Crippen LogP) is 5.68. The standard InChI is InChI=1S/C27H27N5OS/c1-18(2)33-17-15-28-24-22-21(19-10-6-4-7-11-19)23(20-12-8-5-9-13-20)34-27(22)31-25(30-24)26-29-14-16-32(26)3/h4-14,16,18H,15,17H2,1-3H3,(H,28,30,31)/p+1. The summed E-state index contributed by atoms with van der Waals surface area (Å²) in [6, 6.07) is 21.0. The number of hydrogen-bond donors (Lipinski definition) is 2. The summed E-state index contributed by atoms with van der Waals surface area (Å²) in [5.41, 5.74) is 3.47. The molecule has 0 aliphatic rings. The van der Waals surface area contributed by atoms with Gasteiger partial charge in [-0.3, -0.25) is 0 Å². The van der Waals surface area contributed by atoms with E-state index in [1.807, 2.05) is 50.0 Å². The number of nitrogens with one attached hydrogen (secondary N) is 2. The van der Waals surface area contributed by atoms with Crippen LogP contribution in [0.15, 0.2) is 73.1 Å². The molecule has 5 rings (SSSR count). The van der Waals surface area contributed by atoms with Gasteiger partial charge in [0.25, 0.3) is 0 Å². The third-order valence-corrected chi connectivity index (χ3v) is 6.71. The largest absolute Gasteiger partial charge is 0.377 e. The zero-order valence-electron chi connectivity index (χ0n) is 19.6.